The first-order chi connectivity index (χ1) is 9.93. The molecule has 0 atom stereocenters. The quantitative estimate of drug-likeness (QED) is 0.844. The summed E-state index contributed by atoms with van der Waals surface area (Å²) >= 11 is 0. The number of nitrogens with one attached hydrogen (secondary N) is 2. The van der Waals surface area contributed by atoms with E-state index >= 15 is 0 Å². The van der Waals surface area contributed by atoms with Gasteiger partial charge in [0.2, 0.25) is 5.82 Å². The molecule has 0 bridgehead atoms. The molecular weight excluding hydrogens is 281 g/mol. The lowest BCUT2D eigenvalue weighted by atomic mass is 10.0. The Balaban J connectivity index is 1.75. The number of anilines is 2. The van der Waals surface area contributed by atoms with Crippen LogP contribution in [0.4, 0.5) is 24.8 Å². The van der Waals surface area contributed by atoms with Crippen LogP contribution in [0.2, 0.25) is 0 Å². The van der Waals surface area contributed by atoms with Gasteiger partial charge in [0.25, 0.3) is 0 Å². The van der Waals surface area contributed by atoms with Crippen molar-refractivity contribution in [3.05, 3.63) is 11.9 Å². The van der Waals surface area contributed by atoms with E-state index in [9.17, 15) is 13.2 Å². The molecule has 2 saturated carbocycles. The first kappa shape index (κ1) is 14.4. The molecule has 0 amide bonds. The van der Waals surface area contributed by atoms with E-state index in [4.69, 9.17) is 0 Å². The van der Waals surface area contributed by atoms with Gasteiger partial charge < -0.3 is 10.6 Å². The van der Waals surface area contributed by atoms with Crippen LogP contribution in [0.3, 0.4) is 0 Å². The normalized spacial score (nSPS) is 20.2. The molecule has 2 N–H and O–H groups in total. The highest BCUT2D eigenvalue weighted by atomic mass is 19.4. The Kier molecular flexibility index (Phi) is 3.45. The van der Waals surface area contributed by atoms with E-state index in [1.54, 1.807) is 6.07 Å². The molecule has 3 rings (SSSR count). The van der Waals surface area contributed by atoms with Gasteiger partial charge in [0.1, 0.15) is 11.6 Å². The SMILES string of the molecule is CCNc1cc(NCC2(C3CC3)CC2)nc(C(F)(F)F)n1. The molecule has 2 aliphatic rings. The molecule has 2 aliphatic carbocycles. The Morgan fingerprint density at radius 2 is 1.81 bits per heavy atom. The third-order valence-corrected chi connectivity index (χ3v) is 4.29. The van der Waals surface area contributed by atoms with Gasteiger partial charge in [-0.3, -0.25) is 0 Å². The lowest BCUT2D eigenvalue weighted by Gasteiger charge is -2.17. The van der Waals surface area contributed by atoms with Crippen LogP contribution in [-0.4, -0.2) is 23.1 Å². The van der Waals surface area contributed by atoms with Crippen molar-refractivity contribution in [3.63, 3.8) is 0 Å². The highest BCUT2D eigenvalue weighted by Gasteiger charge is 2.53. The van der Waals surface area contributed by atoms with Crippen LogP contribution in [0.5, 0.6) is 0 Å². The van der Waals surface area contributed by atoms with E-state index in [0.29, 0.717) is 18.5 Å². The minimum absolute atomic E-state index is 0.207. The van der Waals surface area contributed by atoms with E-state index in [1.165, 1.54) is 25.7 Å². The van der Waals surface area contributed by atoms with Crippen LogP contribution in [0.1, 0.15) is 38.4 Å². The molecule has 7 heteroatoms. The van der Waals surface area contributed by atoms with Gasteiger partial charge in [0.15, 0.2) is 0 Å². The van der Waals surface area contributed by atoms with Gasteiger partial charge in [-0.05, 0) is 43.9 Å². The number of halogens is 3. The lowest BCUT2D eigenvalue weighted by Crippen LogP contribution is -2.20. The van der Waals surface area contributed by atoms with Crippen molar-refractivity contribution in [1.29, 1.82) is 0 Å². The second kappa shape index (κ2) is 5.03. The monoisotopic (exact) mass is 300 g/mol. The van der Waals surface area contributed by atoms with Crippen molar-refractivity contribution in [2.24, 2.45) is 11.3 Å². The Labute approximate surface area is 121 Å². The third kappa shape index (κ3) is 3.22. The van der Waals surface area contributed by atoms with E-state index < -0.39 is 12.0 Å². The van der Waals surface area contributed by atoms with Crippen LogP contribution >= 0.6 is 0 Å². The average molecular weight is 300 g/mol. The molecule has 0 aliphatic heterocycles. The van der Waals surface area contributed by atoms with Crippen LogP contribution in [0.15, 0.2) is 6.07 Å². The number of rotatable bonds is 6. The van der Waals surface area contributed by atoms with Gasteiger partial charge in [0, 0.05) is 19.2 Å². The van der Waals surface area contributed by atoms with Crippen LogP contribution in [0.25, 0.3) is 0 Å². The molecule has 1 heterocycles. The zero-order valence-electron chi connectivity index (χ0n) is 11.9. The lowest BCUT2D eigenvalue weighted by molar-refractivity contribution is -0.144. The van der Waals surface area contributed by atoms with Crippen molar-refractivity contribution in [1.82, 2.24) is 9.97 Å². The summed E-state index contributed by atoms with van der Waals surface area (Å²) in [6.07, 6.45) is 0.309. The zero-order valence-corrected chi connectivity index (χ0v) is 11.9. The first-order valence-corrected chi connectivity index (χ1v) is 7.37. The molecule has 4 nitrogen and oxygen atoms in total. The van der Waals surface area contributed by atoms with E-state index in [2.05, 4.69) is 20.6 Å². The van der Waals surface area contributed by atoms with Crippen LogP contribution < -0.4 is 10.6 Å². The van der Waals surface area contributed by atoms with Crippen molar-refractivity contribution in [2.75, 3.05) is 23.7 Å². The van der Waals surface area contributed by atoms with Crippen LogP contribution in [0, 0.1) is 11.3 Å². The van der Waals surface area contributed by atoms with Gasteiger partial charge in [-0.15, -0.1) is 0 Å². The molecule has 0 saturated heterocycles. The number of aromatic nitrogens is 2. The number of hydrogen-bond acceptors (Lipinski definition) is 4. The van der Waals surface area contributed by atoms with Crippen molar-refractivity contribution >= 4 is 11.6 Å². The van der Waals surface area contributed by atoms with E-state index in [0.717, 1.165) is 5.92 Å². The molecule has 1 aromatic heterocycles. The number of hydrogen-bond donors (Lipinski definition) is 2. The summed E-state index contributed by atoms with van der Waals surface area (Å²) < 4.78 is 38.5. The van der Waals surface area contributed by atoms with Gasteiger partial charge in [-0.25, -0.2) is 9.97 Å². The zero-order chi connectivity index (χ0) is 15.1. The fraction of sp³-hybridized carbons (Fsp3) is 0.714. The molecular formula is C14H19F3N4. The summed E-state index contributed by atoms with van der Waals surface area (Å²) in [6.45, 7) is 3.03. The van der Waals surface area contributed by atoms with Gasteiger partial charge >= 0.3 is 6.18 Å². The van der Waals surface area contributed by atoms with Gasteiger partial charge in [0.05, 0.1) is 0 Å². The highest BCUT2D eigenvalue weighted by molar-refractivity contribution is 5.48. The average Bonchev–Trinajstić information content (AvgIpc) is 3.27. The van der Waals surface area contributed by atoms with E-state index in [1.807, 2.05) is 6.92 Å². The van der Waals surface area contributed by atoms with Crippen LogP contribution in [-0.2, 0) is 6.18 Å². The molecule has 0 aromatic carbocycles. The first-order valence-electron chi connectivity index (χ1n) is 7.37. The highest BCUT2D eigenvalue weighted by Crippen LogP contribution is 2.61. The Morgan fingerprint density at radius 1 is 1.19 bits per heavy atom. The number of alkyl halides is 3. The van der Waals surface area contributed by atoms with Crippen molar-refractivity contribution in [3.8, 4) is 0 Å². The molecule has 2 fully saturated rings. The summed E-state index contributed by atoms with van der Waals surface area (Å²) in [5, 5.41) is 5.91. The molecule has 116 valence electrons. The topological polar surface area (TPSA) is 49.8 Å². The fourth-order valence-corrected chi connectivity index (χ4v) is 2.79. The second-order valence-electron chi connectivity index (χ2n) is 5.98. The summed E-state index contributed by atoms with van der Waals surface area (Å²) in [5.74, 6) is 0.112. The van der Waals surface area contributed by atoms with Crippen molar-refractivity contribution < 1.29 is 13.2 Å². The van der Waals surface area contributed by atoms with Crippen molar-refractivity contribution in [2.45, 2.75) is 38.8 Å². The summed E-state index contributed by atoms with van der Waals surface area (Å²) in [4.78, 5) is 7.12. The largest absolute Gasteiger partial charge is 0.451 e. The minimum atomic E-state index is -4.53. The van der Waals surface area contributed by atoms with E-state index in [-0.39, 0.29) is 11.6 Å². The molecule has 0 spiro atoms. The summed E-state index contributed by atoms with van der Waals surface area (Å²) in [6, 6.07) is 1.54. The summed E-state index contributed by atoms with van der Waals surface area (Å²) in [5.41, 5.74) is 0.307. The number of nitrogens with zero attached hydrogens (tertiary/aromatic N) is 2. The summed E-state index contributed by atoms with van der Waals surface area (Å²) in [7, 11) is 0. The molecule has 21 heavy (non-hydrogen) atoms. The minimum Gasteiger partial charge on any atom is -0.370 e. The Morgan fingerprint density at radius 3 is 2.29 bits per heavy atom. The maximum absolute atomic E-state index is 12.8. The maximum atomic E-state index is 12.8. The predicted octanol–water partition coefficient (Wildman–Crippen LogP) is 3.53. The standard InChI is InChI=1S/C14H19F3N4/c1-2-18-10-7-11(21-12(20-10)14(15,16)17)19-8-13(5-6-13)9-3-4-9/h7,9H,2-6,8H2,1H3,(H2,18,19,20,21). The predicted molar refractivity (Wildman–Crippen MR) is 74.1 cm³/mol. The molecule has 0 unspecified atom stereocenters. The second-order valence-corrected chi connectivity index (χ2v) is 5.98. The fourth-order valence-electron chi connectivity index (χ4n) is 2.79. The Bertz CT molecular complexity index is 521. The smallest absolute Gasteiger partial charge is 0.370 e. The van der Waals surface area contributed by atoms with Gasteiger partial charge in [-0.1, -0.05) is 0 Å². The maximum Gasteiger partial charge on any atom is 0.451 e. The third-order valence-electron chi connectivity index (χ3n) is 4.29. The molecule has 0 radical (unpaired) electrons. The van der Waals surface area contributed by atoms with Gasteiger partial charge in [-0.2, -0.15) is 13.2 Å². The molecule has 1 aromatic rings. The Hall–Kier alpha value is -1.53.